The van der Waals surface area contributed by atoms with Gasteiger partial charge < -0.3 is 10.1 Å². The van der Waals surface area contributed by atoms with Crippen molar-refractivity contribution in [2.75, 3.05) is 6.54 Å². The van der Waals surface area contributed by atoms with Gasteiger partial charge in [0.1, 0.15) is 5.75 Å². The average Bonchev–Trinajstić information content (AvgIpc) is 2.34. The summed E-state index contributed by atoms with van der Waals surface area (Å²) in [5.74, 6) is 0.703. The van der Waals surface area contributed by atoms with Crippen LogP contribution >= 0.6 is 0 Å². The highest BCUT2D eigenvalue weighted by atomic mass is 16.5. The molecule has 0 fully saturated rings. The van der Waals surface area contributed by atoms with Gasteiger partial charge in [-0.25, -0.2) is 0 Å². The molecule has 0 aliphatic carbocycles. The molecular formula is C13H19NO2. The molecule has 1 amide bonds. The van der Waals surface area contributed by atoms with Crippen molar-refractivity contribution >= 4 is 5.91 Å². The number of ether oxygens (including phenoxy) is 1. The Kier molecular flexibility index (Phi) is 5.40. The van der Waals surface area contributed by atoms with Gasteiger partial charge in [0.15, 0.2) is 6.10 Å². The lowest BCUT2D eigenvalue weighted by Gasteiger charge is -2.16. The van der Waals surface area contributed by atoms with Crippen molar-refractivity contribution in [3.8, 4) is 5.75 Å². The Hall–Kier alpha value is -1.51. The van der Waals surface area contributed by atoms with Crippen molar-refractivity contribution in [3.63, 3.8) is 0 Å². The lowest BCUT2D eigenvalue weighted by Crippen LogP contribution is -2.38. The summed E-state index contributed by atoms with van der Waals surface area (Å²) >= 11 is 0. The van der Waals surface area contributed by atoms with Crippen molar-refractivity contribution < 1.29 is 9.53 Å². The minimum atomic E-state index is -0.394. The molecule has 0 bridgehead atoms. The first-order valence-electron chi connectivity index (χ1n) is 5.77. The third-order valence-electron chi connectivity index (χ3n) is 2.23. The maximum atomic E-state index is 11.7. The van der Waals surface area contributed by atoms with E-state index < -0.39 is 6.10 Å². The Morgan fingerprint density at radius 1 is 1.31 bits per heavy atom. The normalized spacial score (nSPS) is 11.9. The molecule has 1 aromatic rings. The predicted octanol–water partition coefficient (Wildman–Crippen LogP) is 2.37. The number of hydrogen-bond acceptors (Lipinski definition) is 2. The van der Waals surface area contributed by atoms with Crippen LogP contribution in [0.15, 0.2) is 30.3 Å². The van der Waals surface area contributed by atoms with E-state index in [2.05, 4.69) is 5.32 Å². The Balaban J connectivity index is 2.52. The van der Waals surface area contributed by atoms with Gasteiger partial charge in [0.2, 0.25) is 0 Å². The molecule has 0 aliphatic heterocycles. The van der Waals surface area contributed by atoms with Gasteiger partial charge >= 0.3 is 0 Å². The van der Waals surface area contributed by atoms with E-state index in [4.69, 9.17) is 4.74 Å². The highest BCUT2D eigenvalue weighted by Crippen LogP contribution is 2.12. The summed E-state index contributed by atoms with van der Waals surface area (Å²) < 4.78 is 5.61. The zero-order valence-corrected chi connectivity index (χ0v) is 9.90. The Morgan fingerprint density at radius 3 is 2.56 bits per heavy atom. The van der Waals surface area contributed by atoms with Crippen LogP contribution in [0.1, 0.15) is 26.7 Å². The van der Waals surface area contributed by atoms with Gasteiger partial charge in [-0.3, -0.25) is 4.79 Å². The molecule has 88 valence electrons. The summed E-state index contributed by atoms with van der Waals surface area (Å²) in [7, 11) is 0. The molecule has 1 rings (SSSR count). The van der Waals surface area contributed by atoms with E-state index >= 15 is 0 Å². The van der Waals surface area contributed by atoms with Crippen molar-refractivity contribution in [1.82, 2.24) is 5.32 Å². The molecule has 3 nitrogen and oxygen atoms in total. The summed E-state index contributed by atoms with van der Waals surface area (Å²) in [6, 6.07) is 9.43. The fraction of sp³-hybridized carbons (Fsp3) is 0.462. The maximum absolute atomic E-state index is 11.7. The van der Waals surface area contributed by atoms with Gasteiger partial charge in [-0.1, -0.05) is 32.0 Å². The van der Waals surface area contributed by atoms with Crippen LogP contribution in [0.25, 0.3) is 0 Å². The molecule has 1 atom stereocenters. The molecule has 0 saturated carbocycles. The van der Waals surface area contributed by atoms with E-state index in [1.54, 1.807) is 0 Å². The Labute approximate surface area is 96.8 Å². The van der Waals surface area contributed by atoms with Crippen LogP contribution in [0.2, 0.25) is 0 Å². The molecule has 3 heteroatoms. The standard InChI is InChI=1S/C13H19NO2/c1-3-10-14-13(15)12(4-2)16-11-8-6-5-7-9-11/h5-9,12H,3-4,10H2,1-2H3,(H,14,15)/t12-/m1/s1. The first-order chi connectivity index (χ1) is 7.77. The Bertz CT molecular complexity index is 311. The first kappa shape index (κ1) is 12.6. The molecule has 0 heterocycles. The number of hydrogen-bond donors (Lipinski definition) is 1. The average molecular weight is 221 g/mol. The second kappa shape index (κ2) is 6.88. The quantitative estimate of drug-likeness (QED) is 0.801. The summed E-state index contributed by atoms with van der Waals surface area (Å²) in [4.78, 5) is 11.7. The monoisotopic (exact) mass is 221 g/mol. The number of carbonyl (C=O) groups is 1. The van der Waals surface area contributed by atoms with Crippen LogP contribution in [0, 0.1) is 0 Å². The number of rotatable bonds is 6. The summed E-state index contributed by atoms with van der Waals surface area (Å²) in [5.41, 5.74) is 0. The van der Waals surface area contributed by atoms with Gasteiger partial charge in [-0.05, 0) is 25.0 Å². The van der Waals surface area contributed by atoms with Crippen molar-refractivity contribution in [3.05, 3.63) is 30.3 Å². The highest BCUT2D eigenvalue weighted by molar-refractivity contribution is 5.81. The highest BCUT2D eigenvalue weighted by Gasteiger charge is 2.17. The van der Waals surface area contributed by atoms with Crippen LogP contribution in [0.5, 0.6) is 5.75 Å². The van der Waals surface area contributed by atoms with Gasteiger partial charge in [-0.2, -0.15) is 0 Å². The van der Waals surface area contributed by atoms with Gasteiger partial charge in [0.05, 0.1) is 0 Å². The fourth-order valence-electron chi connectivity index (χ4n) is 1.35. The van der Waals surface area contributed by atoms with E-state index in [-0.39, 0.29) is 5.91 Å². The molecule has 0 radical (unpaired) electrons. The van der Waals surface area contributed by atoms with E-state index in [0.29, 0.717) is 13.0 Å². The van der Waals surface area contributed by atoms with E-state index in [1.807, 2.05) is 44.2 Å². The van der Waals surface area contributed by atoms with Gasteiger partial charge in [0.25, 0.3) is 5.91 Å². The summed E-state index contributed by atoms with van der Waals surface area (Å²) in [5, 5.41) is 2.84. The minimum absolute atomic E-state index is 0.0341. The molecular weight excluding hydrogens is 202 g/mol. The molecule has 0 aliphatic rings. The van der Waals surface area contributed by atoms with Crippen molar-refractivity contribution in [2.24, 2.45) is 0 Å². The van der Waals surface area contributed by atoms with Crippen LogP contribution < -0.4 is 10.1 Å². The molecule has 1 aromatic carbocycles. The smallest absolute Gasteiger partial charge is 0.261 e. The maximum Gasteiger partial charge on any atom is 0.261 e. The topological polar surface area (TPSA) is 38.3 Å². The lowest BCUT2D eigenvalue weighted by molar-refractivity contribution is -0.128. The second-order valence-corrected chi connectivity index (χ2v) is 3.62. The predicted molar refractivity (Wildman–Crippen MR) is 64.4 cm³/mol. The summed E-state index contributed by atoms with van der Waals surface area (Å²) in [6.07, 6.45) is 1.21. The Morgan fingerprint density at radius 2 is 2.00 bits per heavy atom. The second-order valence-electron chi connectivity index (χ2n) is 3.62. The summed E-state index contributed by atoms with van der Waals surface area (Å²) in [6.45, 7) is 4.67. The van der Waals surface area contributed by atoms with E-state index in [0.717, 1.165) is 12.2 Å². The number of para-hydroxylation sites is 1. The lowest BCUT2D eigenvalue weighted by atomic mass is 10.2. The largest absolute Gasteiger partial charge is 0.481 e. The van der Waals surface area contributed by atoms with Crippen LogP contribution in [-0.2, 0) is 4.79 Å². The van der Waals surface area contributed by atoms with E-state index in [9.17, 15) is 4.79 Å². The number of amides is 1. The molecule has 0 aromatic heterocycles. The zero-order chi connectivity index (χ0) is 11.8. The molecule has 0 spiro atoms. The third-order valence-corrected chi connectivity index (χ3v) is 2.23. The van der Waals surface area contributed by atoms with Crippen LogP contribution in [0.3, 0.4) is 0 Å². The van der Waals surface area contributed by atoms with Gasteiger partial charge in [-0.15, -0.1) is 0 Å². The number of benzene rings is 1. The third kappa shape index (κ3) is 3.93. The first-order valence-corrected chi connectivity index (χ1v) is 5.77. The molecule has 0 unspecified atom stereocenters. The molecule has 1 N–H and O–H groups in total. The minimum Gasteiger partial charge on any atom is -0.481 e. The molecule has 0 saturated heterocycles. The van der Waals surface area contributed by atoms with Crippen LogP contribution in [-0.4, -0.2) is 18.6 Å². The number of nitrogens with one attached hydrogen (secondary N) is 1. The van der Waals surface area contributed by atoms with Gasteiger partial charge in [0, 0.05) is 6.54 Å². The van der Waals surface area contributed by atoms with Crippen LogP contribution in [0.4, 0.5) is 0 Å². The fourth-order valence-corrected chi connectivity index (χ4v) is 1.35. The number of carbonyl (C=O) groups excluding carboxylic acids is 1. The zero-order valence-electron chi connectivity index (χ0n) is 9.90. The van der Waals surface area contributed by atoms with Crippen molar-refractivity contribution in [1.29, 1.82) is 0 Å². The molecule has 16 heavy (non-hydrogen) atoms. The van der Waals surface area contributed by atoms with Crippen molar-refractivity contribution in [2.45, 2.75) is 32.8 Å². The SMILES string of the molecule is CCCNC(=O)[C@@H](CC)Oc1ccccc1. The van der Waals surface area contributed by atoms with E-state index in [1.165, 1.54) is 0 Å².